The van der Waals surface area contributed by atoms with Crippen molar-refractivity contribution in [3.8, 4) is 11.4 Å². The quantitative estimate of drug-likeness (QED) is 0.518. The number of aromatic amines is 1. The molecule has 0 bridgehead atoms. The number of nitrogens with one attached hydrogen (secondary N) is 3. The molecule has 0 aliphatic heterocycles. The molecule has 0 aliphatic carbocycles. The van der Waals surface area contributed by atoms with Gasteiger partial charge in [-0.2, -0.15) is 0 Å². The fraction of sp³-hybridized carbons (Fsp3) is 0.238. The topological polar surface area (TPSA) is 99.8 Å². The van der Waals surface area contributed by atoms with E-state index in [2.05, 4.69) is 44.9 Å². The maximum Gasteiger partial charge on any atom is 0.321 e. The van der Waals surface area contributed by atoms with E-state index < -0.39 is 17.2 Å². The van der Waals surface area contributed by atoms with Gasteiger partial charge in [-0.3, -0.25) is 15.2 Å². The minimum atomic E-state index is -0.530. The van der Waals surface area contributed by atoms with E-state index in [1.54, 1.807) is 6.92 Å². The highest BCUT2D eigenvalue weighted by Gasteiger charge is 2.19. The largest absolute Gasteiger partial charge is 0.334 e. The number of amides is 3. The van der Waals surface area contributed by atoms with E-state index in [1.807, 2.05) is 42.5 Å². The zero-order chi connectivity index (χ0) is 20.6. The van der Waals surface area contributed by atoms with E-state index in [1.165, 1.54) is 17.3 Å². The predicted octanol–water partition coefficient (Wildman–Crippen LogP) is 3.54. The average molecular weight is 410 g/mol. The van der Waals surface area contributed by atoms with Gasteiger partial charge in [0.1, 0.15) is 0 Å². The Kier molecular flexibility index (Phi) is 7.02. The van der Waals surface area contributed by atoms with Crippen molar-refractivity contribution in [1.29, 1.82) is 0 Å². The van der Waals surface area contributed by atoms with Crippen molar-refractivity contribution < 1.29 is 9.59 Å². The molecule has 0 unspecified atom stereocenters. The molecule has 0 saturated heterocycles. The Morgan fingerprint density at radius 2 is 1.79 bits per heavy atom. The van der Waals surface area contributed by atoms with Crippen molar-refractivity contribution in [2.75, 3.05) is 0 Å². The van der Waals surface area contributed by atoms with Crippen molar-refractivity contribution >= 4 is 23.7 Å². The number of carbonyl (C=O) groups is 2. The minimum Gasteiger partial charge on any atom is -0.334 e. The van der Waals surface area contributed by atoms with Crippen LogP contribution >= 0.6 is 11.8 Å². The van der Waals surface area contributed by atoms with Gasteiger partial charge in [0.15, 0.2) is 5.82 Å². The molecule has 3 aromatic rings. The van der Waals surface area contributed by atoms with Crippen LogP contribution in [0.15, 0.2) is 59.8 Å². The van der Waals surface area contributed by atoms with Gasteiger partial charge in [0.25, 0.3) is 0 Å². The van der Waals surface area contributed by atoms with Gasteiger partial charge < -0.3 is 5.32 Å². The first-order valence-electron chi connectivity index (χ1n) is 9.36. The Bertz CT molecular complexity index is 957. The van der Waals surface area contributed by atoms with Crippen LogP contribution in [0, 0.1) is 0 Å². The van der Waals surface area contributed by atoms with Crippen molar-refractivity contribution in [3.05, 3.63) is 65.7 Å². The van der Waals surface area contributed by atoms with Gasteiger partial charge in [0, 0.05) is 12.1 Å². The average Bonchev–Trinajstić information content (AvgIpc) is 3.21. The SMILES string of the molecule is CCc1ccc(-c2nc(S[C@@H](C)C(=O)NC(=O)NCc3ccccc3)n[nH]2)cc1. The van der Waals surface area contributed by atoms with Gasteiger partial charge in [0.05, 0.1) is 5.25 Å². The number of thioether (sulfide) groups is 1. The first-order valence-corrected chi connectivity index (χ1v) is 10.2. The number of aryl methyl sites for hydroxylation is 1. The molecule has 0 aliphatic rings. The number of benzene rings is 2. The van der Waals surface area contributed by atoms with Gasteiger partial charge >= 0.3 is 6.03 Å². The molecule has 0 spiro atoms. The first-order chi connectivity index (χ1) is 14.0. The van der Waals surface area contributed by atoms with Crippen LogP contribution in [0.3, 0.4) is 0 Å². The third kappa shape index (κ3) is 5.92. The summed E-state index contributed by atoms with van der Waals surface area (Å²) in [7, 11) is 0. The van der Waals surface area contributed by atoms with Crippen molar-refractivity contribution in [2.24, 2.45) is 0 Å². The lowest BCUT2D eigenvalue weighted by molar-refractivity contribution is -0.119. The highest BCUT2D eigenvalue weighted by atomic mass is 32.2. The Labute approximate surface area is 173 Å². The fourth-order valence-corrected chi connectivity index (χ4v) is 3.30. The summed E-state index contributed by atoms with van der Waals surface area (Å²) in [6.45, 7) is 4.16. The van der Waals surface area contributed by atoms with E-state index in [4.69, 9.17) is 0 Å². The summed E-state index contributed by atoms with van der Waals surface area (Å²) in [5.41, 5.74) is 3.13. The van der Waals surface area contributed by atoms with E-state index in [0.717, 1.165) is 17.5 Å². The van der Waals surface area contributed by atoms with E-state index >= 15 is 0 Å². The van der Waals surface area contributed by atoms with Gasteiger partial charge in [-0.25, -0.2) is 9.78 Å². The lowest BCUT2D eigenvalue weighted by Crippen LogP contribution is -2.42. The molecule has 8 heteroatoms. The number of hydrogen-bond donors (Lipinski definition) is 3. The Balaban J connectivity index is 1.50. The summed E-state index contributed by atoms with van der Waals surface area (Å²) in [5.74, 6) is 0.238. The molecule has 0 saturated carbocycles. The molecule has 29 heavy (non-hydrogen) atoms. The number of rotatable bonds is 7. The molecule has 1 atom stereocenters. The zero-order valence-corrected chi connectivity index (χ0v) is 17.1. The van der Waals surface area contributed by atoms with Crippen LogP contribution in [0.1, 0.15) is 25.0 Å². The molecule has 150 valence electrons. The third-order valence-corrected chi connectivity index (χ3v) is 5.25. The Morgan fingerprint density at radius 3 is 2.48 bits per heavy atom. The molecule has 3 rings (SSSR count). The Morgan fingerprint density at radius 1 is 1.07 bits per heavy atom. The Hall–Kier alpha value is -3.13. The van der Waals surface area contributed by atoms with E-state index in [-0.39, 0.29) is 0 Å². The van der Waals surface area contributed by atoms with Crippen LogP contribution in [0.5, 0.6) is 0 Å². The second-order valence-corrected chi connectivity index (χ2v) is 7.74. The van der Waals surface area contributed by atoms with E-state index in [9.17, 15) is 9.59 Å². The third-order valence-electron chi connectivity index (χ3n) is 4.28. The second kappa shape index (κ2) is 9.88. The lowest BCUT2D eigenvalue weighted by Gasteiger charge is -2.10. The molecule has 1 heterocycles. The minimum absolute atomic E-state index is 0.350. The molecule has 0 radical (unpaired) electrons. The summed E-state index contributed by atoms with van der Waals surface area (Å²) < 4.78 is 0. The van der Waals surface area contributed by atoms with Crippen LogP contribution in [0.2, 0.25) is 0 Å². The lowest BCUT2D eigenvalue weighted by atomic mass is 10.1. The summed E-state index contributed by atoms with van der Waals surface area (Å²) >= 11 is 1.19. The monoisotopic (exact) mass is 409 g/mol. The van der Waals surface area contributed by atoms with E-state index in [0.29, 0.717) is 17.5 Å². The van der Waals surface area contributed by atoms with Crippen molar-refractivity contribution in [2.45, 2.75) is 37.2 Å². The summed E-state index contributed by atoms with van der Waals surface area (Å²) in [6, 6.07) is 17.0. The molecular formula is C21H23N5O2S. The van der Waals surface area contributed by atoms with Gasteiger partial charge in [-0.05, 0) is 24.5 Å². The molecule has 2 aromatic carbocycles. The maximum absolute atomic E-state index is 12.3. The number of urea groups is 1. The van der Waals surface area contributed by atoms with Crippen LogP contribution in [0.4, 0.5) is 4.79 Å². The van der Waals surface area contributed by atoms with Crippen LogP contribution < -0.4 is 10.6 Å². The van der Waals surface area contributed by atoms with Crippen LogP contribution in [-0.2, 0) is 17.8 Å². The molecule has 1 aromatic heterocycles. The predicted molar refractivity (Wildman–Crippen MR) is 113 cm³/mol. The standard InChI is InChI=1S/C21H23N5O2S/c1-3-15-9-11-17(12-10-15)18-23-21(26-25-18)29-14(2)19(27)24-20(28)22-13-16-7-5-4-6-8-16/h4-12,14H,3,13H2,1-2H3,(H,23,25,26)(H2,22,24,27,28)/t14-/m0/s1. The molecular weight excluding hydrogens is 386 g/mol. The number of carbonyl (C=O) groups excluding carboxylic acids is 2. The van der Waals surface area contributed by atoms with Gasteiger partial charge in [-0.15, -0.1) is 5.10 Å². The molecule has 7 nitrogen and oxygen atoms in total. The first kappa shape index (κ1) is 20.6. The molecule has 3 amide bonds. The fourth-order valence-electron chi connectivity index (χ4n) is 2.57. The normalized spacial score (nSPS) is 11.7. The maximum atomic E-state index is 12.3. The van der Waals surface area contributed by atoms with Crippen molar-refractivity contribution in [1.82, 2.24) is 25.8 Å². The van der Waals surface area contributed by atoms with Crippen LogP contribution in [-0.4, -0.2) is 32.4 Å². The zero-order valence-electron chi connectivity index (χ0n) is 16.3. The number of H-pyrrole nitrogens is 1. The highest BCUT2D eigenvalue weighted by molar-refractivity contribution is 8.00. The molecule has 3 N–H and O–H groups in total. The van der Waals surface area contributed by atoms with Crippen molar-refractivity contribution in [3.63, 3.8) is 0 Å². The van der Waals surface area contributed by atoms with Crippen LogP contribution in [0.25, 0.3) is 11.4 Å². The summed E-state index contributed by atoms with van der Waals surface area (Å²) in [6.07, 6.45) is 0.976. The molecule has 0 fully saturated rings. The summed E-state index contributed by atoms with van der Waals surface area (Å²) in [5, 5.41) is 12.0. The number of aromatic nitrogens is 3. The van der Waals surface area contributed by atoms with Gasteiger partial charge in [-0.1, -0.05) is 73.3 Å². The number of hydrogen-bond acceptors (Lipinski definition) is 5. The number of imide groups is 1. The highest BCUT2D eigenvalue weighted by Crippen LogP contribution is 2.23. The second-order valence-electron chi connectivity index (χ2n) is 6.43. The summed E-state index contributed by atoms with van der Waals surface area (Å²) in [4.78, 5) is 28.6. The number of nitrogens with zero attached hydrogens (tertiary/aromatic N) is 2. The van der Waals surface area contributed by atoms with Gasteiger partial charge in [0.2, 0.25) is 11.1 Å². The smallest absolute Gasteiger partial charge is 0.321 e.